The minimum absolute atomic E-state index is 0.422. The van der Waals surface area contributed by atoms with Gasteiger partial charge in [0.1, 0.15) is 0 Å². The molecule has 4 heteroatoms. The molecule has 1 aromatic heterocycles. The molecular weight excluding hydrogens is 218 g/mol. The number of thiazole rings is 1. The van der Waals surface area contributed by atoms with Crippen LogP contribution in [0.1, 0.15) is 37.6 Å². The molecule has 90 valence electrons. The first-order valence-corrected chi connectivity index (χ1v) is 6.92. The highest BCUT2D eigenvalue weighted by molar-refractivity contribution is 7.15. The van der Waals surface area contributed by atoms with Gasteiger partial charge >= 0.3 is 0 Å². The number of nitrogens with zero attached hydrogens (tertiary/aromatic N) is 2. The van der Waals surface area contributed by atoms with E-state index in [4.69, 9.17) is 0 Å². The van der Waals surface area contributed by atoms with E-state index in [9.17, 15) is 0 Å². The average molecular weight is 239 g/mol. The molecule has 1 aliphatic rings. The fourth-order valence-corrected chi connectivity index (χ4v) is 2.74. The maximum absolute atomic E-state index is 4.50. The van der Waals surface area contributed by atoms with E-state index in [0.717, 1.165) is 17.6 Å². The highest BCUT2D eigenvalue weighted by Crippen LogP contribution is 2.32. The molecule has 1 fully saturated rings. The zero-order valence-corrected chi connectivity index (χ0v) is 11.2. The van der Waals surface area contributed by atoms with Crippen molar-refractivity contribution >= 4 is 16.5 Å². The van der Waals surface area contributed by atoms with Crippen molar-refractivity contribution in [2.45, 2.75) is 32.7 Å². The van der Waals surface area contributed by atoms with Crippen LogP contribution in [-0.4, -0.2) is 25.1 Å². The van der Waals surface area contributed by atoms with Crippen LogP contribution in [0.25, 0.3) is 0 Å². The van der Waals surface area contributed by atoms with Gasteiger partial charge < -0.3 is 10.2 Å². The van der Waals surface area contributed by atoms with Crippen molar-refractivity contribution in [3.63, 3.8) is 0 Å². The van der Waals surface area contributed by atoms with Crippen molar-refractivity contribution in [1.29, 1.82) is 0 Å². The summed E-state index contributed by atoms with van der Waals surface area (Å²) < 4.78 is 0. The molecule has 0 aliphatic heterocycles. The van der Waals surface area contributed by atoms with Crippen molar-refractivity contribution in [3.05, 3.63) is 11.1 Å². The van der Waals surface area contributed by atoms with Crippen molar-refractivity contribution in [1.82, 2.24) is 10.3 Å². The second kappa shape index (κ2) is 5.15. The Morgan fingerprint density at radius 3 is 3.00 bits per heavy atom. The van der Waals surface area contributed by atoms with Gasteiger partial charge in [0.15, 0.2) is 5.13 Å². The molecule has 0 aromatic carbocycles. The maximum atomic E-state index is 4.50. The molecule has 16 heavy (non-hydrogen) atoms. The Morgan fingerprint density at radius 1 is 1.62 bits per heavy atom. The molecule has 0 spiro atoms. The van der Waals surface area contributed by atoms with E-state index in [1.807, 2.05) is 17.5 Å². The van der Waals surface area contributed by atoms with E-state index in [-0.39, 0.29) is 0 Å². The molecule has 1 aliphatic carbocycles. The number of hydrogen-bond acceptors (Lipinski definition) is 4. The highest BCUT2D eigenvalue weighted by Gasteiger charge is 2.24. The number of anilines is 1. The van der Waals surface area contributed by atoms with Gasteiger partial charge in [-0.2, -0.15) is 0 Å². The lowest BCUT2D eigenvalue weighted by atomic mass is 10.3. The molecule has 1 unspecified atom stereocenters. The average Bonchev–Trinajstić information content (AvgIpc) is 2.93. The standard InChI is InChI=1S/C12H21N3S/c1-4-13-9(2)11-7-14-12(16-11)15(3)8-10-5-6-10/h7,9-10,13H,4-6,8H2,1-3H3. The molecule has 0 saturated heterocycles. The van der Waals surface area contributed by atoms with E-state index < -0.39 is 0 Å². The Balaban J connectivity index is 1.94. The van der Waals surface area contributed by atoms with Crippen LogP contribution in [0.2, 0.25) is 0 Å². The summed E-state index contributed by atoms with van der Waals surface area (Å²) in [6, 6.07) is 0.422. The minimum atomic E-state index is 0.422. The molecule has 1 saturated carbocycles. The van der Waals surface area contributed by atoms with Gasteiger partial charge in [0.25, 0.3) is 0 Å². The van der Waals surface area contributed by atoms with Crippen molar-refractivity contribution < 1.29 is 0 Å². The van der Waals surface area contributed by atoms with Gasteiger partial charge in [-0.25, -0.2) is 4.98 Å². The molecule has 2 rings (SSSR count). The van der Waals surface area contributed by atoms with Crippen LogP contribution in [0.3, 0.4) is 0 Å². The van der Waals surface area contributed by atoms with E-state index in [0.29, 0.717) is 6.04 Å². The summed E-state index contributed by atoms with van der Waals surface area (Å²) in [6.45, 7) is 6.51. The van der Waals surface area contributed by atoms with Gasteiger partial charge in [-0.05, 0) is 32.2 Å². The van der Waals surface area contributed by atoms with E-state index in [2.05, 4.69) is 36.1 Å². The lowest BCUT2D eigenvalue weighted by molar-refractivity contribution is 0.606. The smallest absolute Gasteiger partial charge is 0.185 e. The van der Waals surface area contributed by atoms with Gasteiger partial charge in [0.05, 0.1) is 0 Å². The van der Waals surface area contributed by atoms with Crippen LogP contribution >= 0.6 is 11.3 Å². The van der Waals surface area contributed by atoms with E-state index in [1.54, 1.807) is 0 Å². The first-order chi connectivity index (χ1) is 7.70. The first kappa shape index (κ1) is 11.9. The van der Waals surface area contributed by atoms with Gasteiger partial charge in [-0.3, -0.25) is 0 Å². The largest absolute Gasteiger partial charge is 0.351 e. The van der Waals surface area contributed by atoms with Crippen LogP contribution in [-0.2, 0) is 0 Å². The quantitative estimate of drug-likeness (QED) is 0.827. The van der Waals surface area contributed by atoms with Crippen LogP contribution in [0.5, 0.6) is 0 Å². The second-order valence-electron chi connectivity index (χ2n) is 4.65. The summed E-state index contributed by atoms with van der Waals surface area (Å²) >= 11 is 1.81. The third kappa shape index (κ3) is 2.95. The summed E-state index contributed by atoms with van der Waals surface area (Å²) in [6.07, 6.45) is 4.81. The second-order valence-corrected chi connectivity index (χ2v) is 5.69. The summed E-state index contributed by atoms with van der Waals surface area (Å²) in [5.41, 5.74) is 0. The van der Waals surface area contributed by atoms with Gasteiger partial charge in [0, 0.05) is 30.7 Å². The predicted octanol–water partition coefficient (Wildman–Crippen LogP) is 2.66. The molecule has 1 aromatic rings. The highest BCUT2D eigenvalue weighted by atomic mass is 32.1. The van der Waals surface area contributed by atoms with Gasteiger partial charge in [-0.15, -0.1) is 11.3 Å². The Hall–Kier alpha value is -0.610. The van der Waals surface area contributed by atoms with E-state index >= 15 is 0 Å². The predicted molar refractivity (Wildman–Crippen MR) is 70.2 cm³/mol. The normalized spacial score (nSPS) is 17.4. The molecule has 1 heterocycles. The Labute approximate surface area is 102 Å². The lowest BCUT2D eigenvalue weighted by Gasteiger charge is -2.14. The fourth-order valence-electron chi connectivity index (χ4n) is 1.83. The SMILES string of the molecule is CCNC(C)c1cnc(N(C)CC2CC2)s1. The monoisotopic (exact) mass is 239 g/mol. The molecule has 1 N–H and O–H groups in total. The summed E-state index contributed by atoms with van der Waals surface area (Å²) in [5, 5.41) is 4.58. The van der Waals surface area contributed by atoms with Crippen molar-refractivity contribution in [2.75, 3.05) is 25.0 Å². The van der Waals surface area contributed by atoms with Gasteiger partial charge in [0.2, 0.25) is 0 Å². The number of nitrogens with one attached hydrogen (secondary N) is 1. The zero-order chi connectivity index (χ0) is 11.5. The minimum Gasteiger partial charge on any atom is -0.351 e. The number of aromatic nitrogens is 1. The Kier molecular flexibility index (Phi) is 3.82. The van der Waals surface area contributed by atoms with Gasteiger partial charge in [-0.1, -0.05) is 6.92 Å². The summed E-state index contributed by atoms with van der Waals surface area (Å²) in [7, 11) is 2.15. The third-order valence-electron chi connectivity index (χ3n) is 3.00. The van der Waals surface area contributed by atoms with Crippen LogP contribution in [0.15, 0.2) is 6.20 Å². The molecule has 0 radical (unpaired) electrons. The molecule has 0 amide bonds. The third-order valence-corrected chi connectivity index (χ3v) is 4.30. The topological polar surface area (TPSA) is 28.2 Å². The first-order valence-electron chi connectivity index (χ1n) is 6.11. The Bertz CT molecular complexity index is 333. The van der Waals surface area contributed by atoms with E-state index in [1.165, 1.54) is 24.3 Å². The number of hydrogen-bond donors (Lipinski definition) is 1. The van der Waals surface area contributed by atoms with Crippen molar-refractivity contribution in [3.8, 4) is 0 Å². The summed E-state index contributed by atoms with van der Waals surface area (Å²) in [4.78, 5) is 8.13. The molecule has 1 atom stereocenters. The van der Waals surface area contributed by atoms with Crippen LogP contribution in [0.4, 0.5) is 5.13 Å². The fraction of sp³-hybridized carbons (Fsp3) is 0.750. The Morgan fingerprint density at radius 2 is 2.38 bits per heavy atom. The summed E-state index contributed by atoms with van der Waals surface area (Å²) in [5.74, 6) is 0.920. The van der Waals surface area contributed by atoms with Crippen molar-refractivity contribution in [2.24, 2.45) is 5.92 Å². The molecule has 3 nitrogen and oxygen atoms in total. The lowest BCUT2D eigenvalue weighted by Crippen LogP contribution is -2.19. The zero-order valence-electron chi connectivity index (χ0n) is 10.4. The van der Waals surface area contributed by atoms with Crippen LogP contribution in [0, 0.1) is 5.92 Å². The van der Waals surface area contributed by atoms with Crippen LogP contribution < -0.4 is 10.2 Å². The molecule has 0 bridgehead atoms. The number of rotatable bonds is 6. The maximum Gasteiger partial charge on any atom is 0.185 e. The molecular formula is C12H21N3S.